The third-order valence-corrected chi connectivity index (χ3v) is 2.62. The molecule has 0 atom stereocenters. The number of aromatic amines is 1. The highest BCUT2D eigenvalue weighted by Crippen LogP contribution is 2.10. The van der Waals surface area contributed by atoms with Gasteiger partial charge in [-0.2, -0.15) is 0 Å². The van der Waals surface area contributed by atoms with Crippen molar-refractivity contribution in [1.82, 2.24) is 4.98 Å². The van der Waals surface area contributed by atoms with E-state index < -0.39 is 0 Å². The Morgan fingerprint density at radius 3 is 2.21 bits per heavy atom. The van der Waals surface area contributed by atoms with E-state index in [2.05, 4.69) is 18.8 Å². The van der Waals surface area contributed by atoms with Crippen LogP contribution in [0.1, 0.15) is 36.4 Å². The van der Waals surface area contributed by atoms with Gasteiger partial charge in [0, 0.05) is 22.5 Å². The zero-order valence-electron chi connectivity index (χ0n) is 9.69. The van der Waals surface area contributed by atoms with Crippen molar-refractivity contribution in [2.45, 2.75) is 41.0 Å². The van der Waals surface area contributed by atoms with Gasteiger partial charge in [0.15, 0.2) is 5.43 Å². The van der Waals surface area contributed by atoms with Crippen LogP contribution in [0.25, 0.3) is 0 Å². The highest BCUT2D eigenvalue weighted by Gasteiger charge is 2.10. The van der Waals surface area contributed by atoms with Gasteiger partial charge in [-0.15, -0.1) is 0 Å². The maximum Gasteiger partial charge on any atom is 0.188 e. The number of pyridine rings is 1. The zero-order chi connectivity index (χ0) is 10.9. The molecule has 0 bridgehead atoms. The summed E-state index contributed by atoms with van der Waals surface area (Å²) in [6, 6.07) is 0. The monoisotopic (exact) mass is 193 g/mol. The van der Waals surface area contributed by atoms with Crippen LogP contribution in [-0.2, 0) is 6.42 Å². The Morgan fingerprint density at radius 2 is 1.71 bits per heavy atom. The molecule has 0 aromatic carbocycles. The lowest BCUT2D eigenvalue weighted by molar-refractivity contribution is 0.638. The average Bonchev–Trinajstić information content (AvgIpc) is 2.09. The minimum absolute atomic E-state index is 0.215. The van der Waals surface area contributed by atoms with Gasteiger partial charge in [-0.1, -0.05) is 13.8 Å². The largest absolute Gasteiger partial charge is 0.362 e. The van der Waals surface area contributed by atoms with Crippen LogP contribution in [-0.4, -0.2) is 4.98 Å². The molecule has 0 amide bonds. The van der Waals surface area contributed by atoms with Crippen molar-refractivity contribution < 1.29 is 0 Å². The van der Waals surface area contributed by atoms with Crippen LogP contribution in [0.3, 0.4) is 0 Å². The summed E-state index contributed by atoms with van der Waals surface area (Å²) in [5, 5.41) is 0. The number of H-pyrrole nitrogens is 1. The maximum atomic E-state index is 11.9. The number of nitrogens with one attached hydrogen (secondary N) is 1. The van der Waals surface area contributed by atoms with E-state index in [9.17, 15) is 4.79 Å². The summed E-state index contributed by atoms with van der Waals surface area (Å²) in [6.07, 6.45) is 0.863. The van der Waals surface area contributed by atoms with E-state index >= 15 is 0 Å². The second-order valence-electron chi connectivity index (χ2n) is 4.41. The fraction of sp³-hybridized carbons (Fsp3) is 0.583. The molecule has 1 heterocycles. The van der Waals surface area contributed by atoms with Crippen LogP contribution >= 0.6 is 0 Å². The van der Waals surface area contributed by atoms with Gasteiger partial charge in [0.25, 0.3) is 0 Å². The Kier molecular flexibility index (Phi) is 3.14. The molecule has 0 aliphatic carbocycles. The summed E-state index contributed by atoms with van der Waals surface area (Å²) >= 11 is 0. The van der Waals surface area contributed by atoms with E-state index in [1.807, 2.05) is 20.8 Å². The normalized spacial score (nSPS) is 11.0. The standard InChI is InChI=1S/C12H19NO/c1-7(2)6-11-10(5)13-9(4)8(3)12(11)14/h7H,6H2,1-5H3,(H,13,14). The van der Waals surface area contributed by atoms with Gasteiger partial charge in [-0.3, -0.25) is 4.79 Å². The van der Waals surface area contributed by atoms with E-state index in [0.29, 0.717) is 5.92 Å². The van der Waals surface area contributed by atoms with E-state index in [0.717, 1.165) is 28.9 Å². The topological polar surface area (TPSA) is 32.9 Å². The molecular formula is C12H19NO. The minimum atomic E-state index is 0.215. The summed E-state index contributed by atoms with van der Waals surface area (Å²) in [5.41, 5.74) is 4.02. The average molecular weight is 193 g/mol. The molecule has 14 heavy (non-hydrogen) atoms. The molecule has 0 fully saturated rings. The number of aromatic nitrogens is 1. The first-order valence-electron chi connectivity index (χ1n) is 5.12. The van der Waals surface area contributed by atoms with Crippen LogP contribution in [0.2, 0.25) is 0 Å². The van der Waals surface area contributed by atoms with Gasteiger partial charge in [0.05, 0.1) is 0 Å². The Balaban J connectivity index is 3.30. The number of aryl methyl sites for hydroxylation is 2. The summed E-state index contributed by atoms with van der Waals surface area (Å²) in [4.78, 5) is 15.2. The molecule has 0 saturated carbocycles. The quantitative estimate of drug-likeness (QED) is 0.769. The molecule has 2 heteroatoms. The molecule has 0 aliphatic rings. The first kappa shape index (κ1) is 11.0. The molecule has 1 rings (SSSR count). The van der Waals surface area contributed by atoms with Gasteiger partial charge in [0.2, 0.25) is 0 Å². The summed E-state index contributed by atoms with van der Waals surface area (Å²) < 4.78 is 0. The van der Waals surface area contributed by atoms with Crippen molar-refractivity contribution in [1.29, 1.82) is 0 Å². The lowest BCUT2D eigenvalue weighted by atomic mass is 9.99. The van der Waals surface area contributed by atoms with Crippen LogP contribution < -0.4 is 5.43 Å². The molecule has 1 N–H and O–H groups in total. The Morgan fingerprint density at radius 1 is 1.14 bits per heavy atom. The van der Waals surface area contributed by atoms with Crippen molar-refractivity contribution in [3.05, 3.63) is 32.7 Å². The lowest BCUT2D eigenvalue weighted by Gasteiger charge is -2.10. The lowest BCUT2D eigenvalue weighted by Crippen LogP contribution is -2.18. The van der Waals surface area contributed by atoms with Crippen LogP contribution in [0.15, 0.2) is 4.79 Å². The van der Waals surface area contributed by atoms with E-state index in [1.54, 1.807) is 0 Å². The number of hydrogen-bond donors (Lipinski definition) is 1. The Hall–Kier alpha value is -1.05. The highest BCUT2D eigenvalue weighted by molar-refractivity contribution is 5.29. The summed E-state index contributed by atoms with van der Waals surface area (Å²) in [7, 11) is 0. The van der Waals surface area contributed by atoms with Crippen molar-refractivity contribution in [2.24, 2.45) is 5.92 Å². The molecular weight excluding hydrogens is 174 g/mol. The van der Waals surface area contributed by atoms with Crippen molar-refractivity contribution in [3.8, 4) is 0 Å². The van der Waals surface area contributed by atoms with Crippen molar-refractivity contribution in [2.75, 3.05) is 0 Å². The third kappa shape index (κ3) is 2.06. The second-order valence-corrected chi connectivity index (χ2v) is 4.41. The molecule has 0 saturated heterocycles. The van der Waals surface area contributed by atoms with E-state index in [1.165, 1.54) is 0 Å². The van der Waals surface area contributed by atoms with E-state index in [-0.39, 0.29) is 5.43 Å². The summed E-state index contributed by atoms with van der Waals surface area (Å²) in [6.45, 7) is 10.1. The molecule has 0 spiro atoms. The molecule has 0 radical (unpaired) electrons. The minimum Gasteiger partial charge on any atom is -0.362 e. The van der Waals surface area contributed by atoms with Gasteiger partial charge < -0.3 is 4.98 Å². The Bertz CT molecular complexity index is 388. The van der Waals surface area contributed by atoms with Crippen LogP contribution in [0.4, 0.5) is 0 Å². The number of rotatable bonds is 2. The van der Waals surface area contributed by atoms with Gasteiger partial charge in [-0.25, -0.2) is 0 Å². The van der Waals surface area contributed by atoms with Crippen LogP contribution in [0, 0.1) is 26.7 Å². The van der Waals surface area contributed by atoms with Gasteiger partial charge in [0.1, 0.15) is 0 Å². The molecule has 0 unspecified atom stereocenters. The smallest absolute Gasteiger partial charge is 0.188 e. The maximum absolute atomic E-state index is 11.9. The molecule has 78 valence electrons. The van der Waals surface area contributed by atoms with E-state index in [4.69, 9.17) is 0 Å². The zero-order valence-corrected chi connectivity index (χ0v) is 9.69. The molecule has 0 aliphatic heterocycles. The molecule has 1 aromatic heterocycles. The second kappa shape index (κ2) is 3.99. The van der Waals surface area contributed by atoms with Gasteiger partial charge >= 0.3 is 0 Å². The molecule has 2 nitrogen and oxygen atoms in total. The summed E-state index contributed by atoms with van der Waals surface area (Å²) in [5.74, 6) is 0.525. The van der Waals surface area contributed by atoms with Crippen molar-refractivity contribution >= 4 is 0 Å². The van der Waals surface area contributed by atoms with Gasteiger partial charge in [-0.05, 0) is 33.1 Å². The molecule has 1 aromatic rings. The first-order valence-corrected chi connectivity index (χ1v) is 5.12. The first-order chi connectivity index (χ1) is 6.43. The van der Waals surface area contributed by atoms with Crippen molar-refractivity contribution in [3.63, 3.8) is 0 Å². The van der Waals surface area contributed by atoms with Crippen LogP contribution in [0.5, 0.6) is 0 Å². The number of hydrogen-bond acceptors (Lipinski definition) is 1. The fourth-order valence-electron chi connectivity index (χ4n) is 1.67. The SMILES string of the molecule is Cc1[nH]c(C)c(CC(C)C)c(=O)c1C. The third-order valence-electron chi connectivity index (χ3n) is 2.62. The Labute approximate surface area is 85.4 Å². The predicted octanol–water partition coefficient (Wildman–Crippen LogP) is 2.50. The fourth-order valence-corrected chi connectivity index (χ4v) is 1.67. The highest BCUT2D eigenvalue weighted by atomic mass is 16.1. The predicted molar refractivity (Wildman–Crippen MR) is 59.8 cm³/mol.